The van der Waals surface area contributed by atoms with Gasteiger partial charge in [0.05, 0.1) is 6.61 Å². The van der Waals surface area contributed by atoms with Crippen LogP contribution in [0.5, 0.6) is 11.5 Å². The largest absolute Gasteiger partial charge is 0.504 e. The van der Waals surface area contributed by atoms with Crippen LogP contribution in [0.1, 0.15) is 6.42 Å². The molecule has 0 radical (unpaired) electrons. The molecule has 1 saturated heterocycles. The second kappa shape index (κ2) is 4.33. The molecule has 0 saturated carbocycles. The van der Waals surface area contributed by atoms with Gasteiger partial charge in [0.1, 0.15) is 0 Å². The van der Waals surface area contributed by atoms with Crippen molar-refractivity contribution in [3.63, 3.8) is 0 Å². The number of rotatable bonds is 3. The smallest absolute Gasteiger partial charge is 0.160 e. The van der Waals surface area contributed by atoms with Gasteiger partial charge in [-0.25, -0.2) is 0 Å². The van der Waals surface area contributed by atoms with Gasteiger partial charge in [0.25, 0.3) is 0 Å². The number of phenolic OH excluding ortho intramolecular Hbond substituents is 1. The average molecular weight is 193 g/mol. The lowest BCUT2D eigenvalue weighted by atomic mass is 10.1. The summed E-state index contributed by atoms with van der Waals surface area (Å²) in [6.07, 6.45) is 1.16. The molecule has 3 nitrogen and oxygen atoms in total. The van der Waals surface area contributed by atoms with E-state index in [1.165, 1.54) is 0 Å². The molecule has 1 aliphatic heterocycles. The van der Waals surface area contributed by atoms with Gasteiger partial charge in [0, 0.05) is 12.5 Å². The molecule has 1 aromatic carbocycles. The maximum absolute atomic E-state index is 9.44. The quantitative estimate of drug-likeness (QED) is 0.762. The van der Waals surface area contributed by atoms with Crippen molar-refractivity contribution in [3.05, 3.63) is 24.3 Å². The summed E-state index contributed by atoms with van der Waals surface area (Å²) in [4.78, 5) is 0. The molecule has 1 aliphatic rings. The van der Waals surface area contributed by atoms with Crippen molar-refractivity contribution in [2.75, 3.05) is 19.7 Å². The fourth-order valence-corrected chi connectivity index (χ4v) is 1.64. The van der Waals surface area contributed by atoms with Gasteiger partial charge in [-0.3, -0.25) is 0 Å². The third kappa shape index (κ3) is 2.17. The van der Waals surface area contributed by atoms with Crippen molar-refractivity contribution < 1.29 is 9.84 Å². The molecule has 1 unspecified atom stereocenters. The van der Waals surface area contributed by atoms with Crippen molar-refractivity contribution >= 4 is 0 Å². The summed E-state index contributed by atoms with van der Waals surface area (Å²) in [5.41, 5.74) is 0. The molecule has 2 rings (SSSR count). The predicted molar refractivity (Wildman–Crippen MR) is 54.6 cm³/mol. The molecular formula is C11H15NO2. The van der Waals surface area contributed by atoms with E-state index < -0.39 is 0 Å². The summed E-state index contributed by atoms with van der Waals surface area (Å²) in [5, 5.41) is 12.7. The van der Waals surface area contributed by atoms with Crippen LogP contribution in [0.3, 0.4) is 0 Å². The molecule has 1 heterocycles. The third-order valence-electron chi connectivity index (χ3n) is 2.50. The zero-order valence-corrected chi connectivity index (χ0v) is 8.07. The molecule has 0 spiro atoms. The van der Waals surface area contributed by atoms with E-state index in [0.717, 1.165) is 19.5 Å². The molecule has 0 aromatic heterocycles. The SMILES string of the molecule is Oc1ccccc1OCC1CCNC1. The van der Waals surface area contributed by atoms with E-state index >= 15 is 0 Å². The first-order valence-electron chi connectivity index (χ1n) is 4.98. The normalized spacial score (nSPS) is 21.0. The van der Waals surface area contributed by atoms with Crippen LogP contribution in [0, 0.1) is 5.92 Å². The minimum absolute atomic E-state index is 0.221. The Bertz CT molecular complexity index is 295. The van der Waals surface area contributed by atoms with Crippen molar-refractivity contribution in [2.24, 2.45) is 5.92 Å². The van der Waals surface area contributed by atoms with Gasteiger partial charge in [0.15, 0.2) is 11.5 Å². The van der Waals surface area contributed by atoms with Gasteiger partial charge in [-0.05, 0) is 25.1 Å². The highest BCUT2D eigenvalue weighted by Crippen LogP contribution is 2.25. The highest BCUT2D eigenvalue weighted by Gasteiger charge is 2.15. The molecule has 1 fully saturated rings. The Hall–Kier alpha value is -1.22. The summed E-state index contributed by atoms with van der Waals surface area (Å²) in [6, 6.07) is 7.08. The Kier molecular flexibility index (Phi) is 2.89. The second-order valence-corrected chi connectivity index (χ2v) is 3.64. The molecule has 3 heteroatoms. The molecule has 76 valence electrons. The van der Waals surface area contributed by atoms with Gasteiger partial charge in [-0.15, -0.1) is 0 Å². The number of benzene rings is 1. The van der Waals surface area contributed by atoms with Gasteiger partial charge >= 0.3 is 0 Å². The van der Waals surface area contributed by atoms with E-state index in [4.69, 9.17) is 4.74 Å². The average Bonchev–Trinajstić information content (AvgIpc) is 2.69. The molecule has 1 aromatic rings. The number of para-hydroxylation sites is 2. The van der Waals surface area contributed by atoms with Crippen molar-refractivity contribution in [1.82, 2.24) is 5.32 Å². The first kappa shape index (κ1) is 9.34. The monoisotopic (exact) mass is 193 g/mol. The highest BCUT2D eigenvalue weighted by molar-refractivity contribution is 5.37. The summed E-state index contributed by atoms with van der Waals surface area (Å²) >= 11 is 0. The van der Waals surface area contributed by atoms with Gasteiger partial charge < -0.3 is 15.2 Å². The molecule has 0 amide bonds. The van der Waals surface area contributed by atoms with Crippen LogP contribution < -0.4 is 10.1 Å². The lowest BCUT2D eigenvalue weighted by molar-refractivity contribution is 0.249. The zero-order valence-electron chi connectivity index (χ0n) is 8.07. The standard InChI is InChI=1S/C11H15NO2/c13-10-3-1-2-4-11(10)14-8-9-5-6-12-7-9/h1-4,9,12-13H,5-8H2. The van der Waals surface area contributed by atoms with E-state index in [1.807, 2.05) is 6.07 Å². The predicted octanol–water partition coefficient (Wildman–Crippen LogP) is 1.38. The molecule has 0 aliphatic carbocycles. The summed E-state index contributed by atoms with van der Waals surface area (Å²) in [6.45, 7) is 2.78. The van der Waals surface area contributed by atoms with Crippen LogP contribution in [-0.2, 0) is 0 Å². The van der Waals surface area contributed by atoms with Gasteiger partial charge in [-0.1, -0.05) is 12.1 Å². The van der Waals surface area contributed by atoms with Crippen LogP contribution in [0.15, 0.2) is 24.3 Å². The number of nitrogens with one attached hydrogen (secondary N) is 1. The highest BCUT2D eigenvalue weighted by atomic mass is 16.5. The van der Waals surface area contributed by atoms with Crippen LogP contribution in [0.25, 0.3) is 0 Å². The van der Waals surface area contributed by atoms with Crippen molar-refractivity contribution in [2.45, 2.75) is 6.42 Å². The Morgan fingerprint density at radius 3 is 3.00 bits per heavy atom. The molecule has 0 bridgehead atoms. The van der Waals surface area contributed by atoms with E-state index in [1.54, 1.807) is 18.2 Å². The first-order valence-corrected chi connectivity index (χ1v) is 4.98. The zero-order chi connectivity index (χ0) is 9.80. The Labute approximate surface area is 83.7 Å². The van der Waals surface area contributed by atoms with Gasteiger partial charge in [0.2, 0.25) is 0 Å². The summed E-state index contributed by atoms with van der Waals surface area (Å²) in [5.74, 6) is 1.38. The number of hydrogen-bond donors (Lipinski definition) is 2. The van der Waals surface area contributed by atoms with Crippen molar-refractivity contribution in [1.29, 1.82) is 0 Å². The van der Waals surface area contributed by atoms with E-state index in [-0.39, 0.29) is 5.75 Å². The van der Waals surface area contributed by atoms with Crippen LogP contribution in [0.2, 0.25) is 0 Å². The number of aromatic hydroxyl groups is 1. The molecular weight excluding hydrogens is 178 g/mol. The topological polar surface area (TPSA) is 41.5 Å². The Balaban J connectivity index is 1.88. The van der Waals surface area contributed by atoms with E-state index in [0.29, 0.717) is 18.3 Å². The Morgan fingerprint density at radius 1 is 1.43 bits per heavy atom. The number of ether oxygens (including phenoxy) is 1. The first-order chi connectivity index (χ1) is 6.86. The second-order valence-electron chi connectivity index (χ2n) is 3.64. The van der Waals surface area contributed by atoms with Crippen molar-refractivity contribution in [3.8, 4) is 11.5 Å². The lowest BCUT2D eigenvalue weighted by Crippen LogP contribution is -2.15. The fraction of sp³-hybridized carbons (Fsp3) is 0.455. The van der Waals surface area contributed by atoms with Crippen LogP contribution >= 0.6 is 0 Å². The minimum Gasteiger partial charge on any atom is -0.504 e. The minimum atomic E-state index is 0.221. The van der Waals surface area contributed by atoms with Gasteiger partial charge in [-0.2, -0.15) is 0 Å². The molecule has 14 heavy (non-hydrogen) atoms. The number of hydrogen-bond acceptors (Lipinski definition) is 3. The maximum Gasteiger partial charge on any atom is 0.160 e. The van der Waals surface area contributed by atoms with Crippen LogP contribution in [-0.4, -0.2) is 24.8 Å². The lowest BCUT2D eigenvalue weighted by Gasteiger charge is -2.11. The molecule has 1 atom stereocenters. The van der Waals surface area contributed by atoms with E-state index in [9.17, 15) is 5.11 Å². The Morgan fingerprint density at radius 2 is 2.29 bits per heavy atom. The van der Waals surface area contributed by atoms with Crippen LogP contribution in [0.4, 0.5) is 0 Å². The fourth-order valence-electron chi connectivity index (χ4n) is 1.64. The summed E-state index contributed by atoms with van der Waals surface area (Å²) < 4.78 is 5.53. The summed E-state index contributed by atoms with van der Waals surface area (Å²) in [7, 11) is 0. The maximum atomic E-state index is 9.44. The third-order valence-corrected chi connectivity index (χ3v) is 2.50. The molecule has 2 N–H and O–H groups in total. The van der Waals surface area contributed by atoms with E-state index in [2.05, 4.69) is 5.32 Å². The number of phenols is 1.